The Morgan fingerprint density at radius 2 is 2.14 bits per heavy atom. The molecule has 0 spiro atoms. The zero-order valence-corrected chi connectivity index (χ0v) is 11.7. The van der Waals surface area contributed by atoms with E-state index in [2.05, 4.69) is 19.9 Å². The van der Waals surface area contributed by atoms with Crippen LogP contribution in [0.5, 0.6) is 0 Å². The van der Waals surface area contributed by atoms with E-state index < -0.39 is 0 Å². The number of nitrogens with zero attached hydrogens (tertiary/aromatic N) is 3. The highest BCUT2D eigenvalue weighted by Gasteiger charge is 2.25. The molecular weight excluding hydrogens is 267 g/mol. The molecule has 0 atom stereocenters. The van der Waals surface area contributed by atoms with Gasteiger partial charge in [-0.25, -0.2) is 19.3 Å². The van der Waals surface area contributed by atoms with Crippen molar-refractivity contribution in [2.24, 2.45) is 0 Å². The van der Waals surface area contributed by atoms with Crippen molar-refractivity contribution < 1.29 is 4.39 Å². The zero-order chi connectivity index (χ0) is 14.4. The van der Waals surface area contributed by atoms with E-state index >= 15 is 0 Å². The molecule has 1 aliphatic carbocycles. The topological polar surface area (TPSA) is 54.5 Å². The summed E-state index contributed by atoms with van der Waals surface area (Å²) in [5, 5.41) is 0. The minimum atomic E-state index is -0.232. The molecule has 0 unspecified atom stereocenters. The van der Waals surface area contributed by atoms with Crippen LogP contribution in [0.4, 0.5) is 4.39 Å². The van der Waals surface area contributed by atoms with Gasteiger partial charge in [0.15, 0.2) is 0 Å². The second-order valence-corrected chi connectivity index (χ2v) is 5.60. The smallest absolute Gasteiger partial charge is 0.141 e. The van der Waals surface area contributed by atoms with Gasteiger partial charge < -0.3 is 4.98 Å². The molecule has 21 heavy (non-hydrogen) atoms. The number of rotatable bonds is 2. The summed E-state index contributed by atoms with van der Waals surface area (Å²) in [5.41, 5.74) is 4.06. The van der Waals surface area contributed by atoms with Crippen molar-refractivity contribution in [3.05, 3.63) is 41.7 Å². The molecule has 1 aliphatic rings. The Morgan fingerprint density at radius 3 is 2.90 bits per heavy atom. The molecule has 0 bridgehead atoms. The van der Waals surface area contributed by atoms with E-state index in [1.807, 2.05) is 0 Å². The van der Waals surface area contributed by atoms with E-state index in [0.29, 0.717) is 17.0 Å². The van der Waals surface area contributed by atoms with E-state index in [0.717, 1.165) is 35.4 Å². The molecule has 2 aromatic heterocycles. The van der Waals surface area contributed by atoms with E-state index in [4.69, 9.17) is 0 Å². The van der Waals surface area contributed by atoms with Crippen LogP contribution in [0.3, 0.4) is 0 Å². The molecule has 1 fully saturated rings. The quantitative estimate of drug-likeness (QED) is 0.779. The molecule has 0 radical (unpaired) electrons. The average molecular weight is 282 g/mol. The molecule has 0 aliphatic heterocycles. The third kappa shape index (κ3) is 1.92. The molecule has 4 rings (SSSR count). The first kappa shape index (κ1) is 12.4. The highest BCUT2D eigenvalue weighted by atomic mass is 19.1. The first-order chi connectivity index (χ1) is 10.2. The van der Waals surface area contributed by atoms with Gasteiger partial charge in [-0.05, 0) is 31.9 Å². The molecule has 106 valence electrons. The first-order valence-corrected chi connectivity index (χ1v) is 7.19. The standard InChI is InChI=1S/C16H15FN4/c1-9-12(17)5-6-13-14(9)21-16(20-13)11-7-18-8-19-15(11)10-3-2-4-10/h5-8,10H,2-4H2,1H3,(H,20,21). The van der Waals surface area contributed by atoms with Crippen LogP contribution < -0.4 is 0 Å². The predicted octanol–water partition coefficient (Wildman–Crippen LogP) is 3.73. The predicted molar refractivity (Wildman–Crippen MR) is 78.4 cm³/mol. The van der Waals surface area contributed by atoms with E-state index in [9.17, 15) is 4.39 Å². The van der Waals surface area contributed by atoms with Crippen molar-refractivity contribution in [3.8, 4) is 11.4 Å². The largest absolute Gasteiger partial charge is 0.338 e. The van der Waals surface area contributed by atoms with Gasteiger partial charge >= 0.3 is 0 Å². The Bertz CT molecular complexity index is 820. The number of hydrogen-bond acceptors (Lipinski definition) is 3. The van der Waals surface area contributed by atoms with Crippen molar-refractivity contribution in [2.45, 2.75) is 32.1 Å². The van der Waals surface area contributed by atoms with Crippen molar-refractivity contribution >= 4 is 11.0 Å². The SMILES string of the molecule is Cc1c(F)ccc2[nH]c(-c3cncnc3C3CCC3)nc12. The molecule has 5 heteroatoms. The molecule has 1 saturated carbocycles. The molecule has 2 heterocycles. The van der Waals surface area contributed by atoms with Gasteiger partial charge in [-0.15, -0.1) is 0 Å². The number of nitrogens with one attached hydrogen (secondary N) is 1. The Morgan fingerprint density at radius 1 is 1.29 bits per heavy atom. The fraction of sp³-hybridized carbons (Fsp3) is 0.312. The van der Waals surface area contributed by atoms with Crippen molar-refractivity contribution in [1.29, 1.82) is 0 Å². The lowest BCUT2D eigenvalue weighted by atomic mass is 9.81. The molecule has 3 aromatic rings. The lowest BCUT2D eigenvalue weighted by Gasteiger charge is -2.25. The molecular formula is C16H15FN4. The third-order valence-electron chi connectivity index (χ3n) is 4.33. The second-order valence-electron chi connectivity index (χ2n) is 5.60. The van der Waals surface area contributed by atoms with Gasteiger partial charge in [0.2, 0.25) is 0 Å². The minimum absolute atomic E-state index is 0.232. The number of benzene rings is 1. The number of hydrogen-bond donors (Lipinski definition) is 1. The fourth-order valence-corrected chi connectivity index (χ4v) is 2.84. The van der Waals surface area contributed by atoms with E-state index in [1.54, 1.807) is 25.5 Å². The van der Waals surface area contributed by atoms with Crippen LogP contribution >= 0.6 is 0 Å². The lowest BCUT2D eigenvalue weighted by Crippen LogP contribution is -2.12. The molecule has 4 nitrogen and oxygen atoms in total. The van der Waals surface area contributed by atoms with Gasteiger partial charge in [-0.1, -0.05) is 6.42 Å². The molecule has 1 aromatic carbocycles. The summed E-state index contributed by atoms with van der Waals surface area (Å²) in [5.74, 6) is 0.985. The van der Waals surface area contributed by atoms with Crippen molar-refractivity contribution in [1.82, 2.24) is 19.9 Å². The first-order valence-electron chi connectivity index (χ1n) is 7.19. The van der Waals surface area contributed by atoms with Crippen LogP contribution in [0.25, 0.3) is 22.4 Å². The van der Waals surface area contributed by atoms with Gasteiger partial charge in [0.05, 0.1) is 22.3 Å². The van der Waals surface area contributed by atoms with Crippen LogP contribution in [0, 0.1) is 12.7 Å². The van der Waals surface area contributed by atoms with Gasteiger partial charge in [-0.2, -0.15) is 0 Å². The van der Waals surface area contributed by atoms with Crippen LogP contribution in [0.1, 0.15) is 36.4 Å². The second kappa shape index (κ2) is 4.62. The number of H-pyrrole nitrogens is 1. The molecule has 0 amide bonds. The maximum absolute atomic E-state index is 13.7. The van der Waals surface area contributed by atoms with Crippen LogP contribution in [0.2, 0.25) is 0 Å². The average Bonchev–Trinajstić information content (AvgIpc) is 2.86. The molecule has 0 saturated heterocycles. The van der Waals surface area contributed by atoms with Gasteiger partial charge in [0.1, 0.15) is 18.0 Å². The van der Waals surface area contributed by atoms with Crippen LogP contribution in [0.15, 0.2) is 24.7 Å². The summed E-state index contributed by atoms with van der Waals surface area (Å²) in [6.07, 6.45) is 6.96. The fourth-order valence-electron chi connectivity index (χ4n) is 2.84. The summed E-state index contributed by atoms with van der Waals surface area (Å²) in [4.78, 5) is 16.4. The van der Waals surface area contributed by atoms with E-state index in [1.165, 1.54) is 12.5 Å². The highest BCUT2D eigenvalue weighted by Crippen LogP contribution is 2.39. The monoisotopic (exact) mass is 282 g/mol. The summed E-state index contributed by atoms with van der Waals surface area (Å²) >= 11 is 0. The van der Waals surface area contributed by atoms with E-state index in [-0.39, 0.29) is 5.82 Å². The highest BCUT2D eigenvalue weighted by molar-refractivity contribution is 5.82. The Labute approximate surface area is 121 Å². The number of aryl methyl sites for hydroxylation is 1. The number of halogens is 1. The zero-order valence-electron chi connectivity index (χ0n) is 11.7. The molecule has 1 N–H and O–H groups in total. The Balaban J connectivity index is 1.89. The maximum Gasteiger partial charge on any atom is 0.141 e. The third-order valence-corrected chi connectivity index (χ3v) is 4.33. The Hall–Kier alpha value is -2.30. The normalized spacial score (nSPS) is 15.3. The minimum Gasteiger partial charge on any atom is -0.338 e. The number of fused-ring (bicyclic) bond motifs is 1. The van der Waals surface area contributed by atoms with Gasteiger partial charge in [0, 0.05) is 17.7 Å². The van der Waals surface area contributed by atoms with Gasteiger partial charge in [0.25, 0.3) is 0 Å². The van der Waals surface area contributed by atoms with Crippen LogP contribution in [-0.4, -0.2) is 19.9 Å². The number of aromatic nitrogens is 4. The summed E-state index contributed by atoms with van der Waals surface area (Å²) in [7, 11) is 0. The van der Waals surface area contributed by atoms with Gasteiger partial charge in [-0.3, -0.25) is 0 Å². The summed E-state index contributed by atoms with van der Waals surface area (Å²) < 4.78 is 13.7. The number of imidazole rings is 1. The lowest BCUT2D eigenvalue weighted by molar-refractivity contribution is 0.411. The van der Waals surface area contributed by atoms with Crippen molar-refractivity contribution in [2.75, 3.05) is 0 Å². The Kier molecular flexibility index (Phi) is 2.74. The van der Waals surface area contributed by atoms with Crippen LogP contribution in [-0.2, 0) is 0 Å². The summed E-state index contributed by atoms with van der Waals surface area (Å²) in [6.45, 7) is 1.75. The maximum atomic E-state index is 13.7. The van der Waals surface area contributed by atoms with Crippen molar-refractivity contribution in [3.63, 3.8) is 0 Å². The summed E-state index contributed by atoms with van der Waals surface area (Å²) in [6, 6.07) is 3.19. The number of aromatic amines is 1.